The zero-order chi connectivity index (χ0) is 26.2. The van der Waals surface area contributed by atoms with Crippen LogP contribution in [0.3, 0.4) is 0 Å². The Bertz CT molecular complexity index is 1310. The van der Waals surface area contributed by atoms with Crippen LogP contribution in [0.15, 0.2) is 101 Å². The lowest BCUT2D eigenvalue weighted by Gasteiger charge is -2.39. The molecular weight excluding hydrogens is 464 g/mol. The molecule has 2 aliphatic rings. The van der Waals surface area contributed by atoms with E-state index in [0.717, 1.165) is 46.9 Å². The van der Waals surface area contributed by atoms with Crippen LogP contribution in [0.5, 0.6) is 0 Å². The molecule has 4 rings (SSSR count). The van der Waals surface area contributed by atoms with Crippen LogP contribution >= 0.6 is 0 Å². The maximum absolute atomic E-state index is 11.7. The molecule has 2 amide bonds. The van der Waals surface area contributed by atoms with Crippen molar-refractivity contribution in [3.63, 3.8) is 0 Å². The minimum Gasteiger partial charge on any atom is -0.379 e. The van der Waals surface area contributed by atoms with E-state index in [9.17, 15) is 9.59 Å². The molecule has 1 fully saturated rings. The Balaban J connectivity index is 1.44. The van der Waals surface area contributed by atoms with E-state index < -0.39 is 0 Å². The van der Waals surface area contributed by atoms with Gasteiger partial charge in [-0.15, -0.1) is 0 Å². The van der Waals surface area contributed by atoms with Crippen LogP contribution in [0.4, 0.5) is 17.1 Å². The molecule has 8 heteroatoms. The number of likely N-dealkylation sites (tertiary alicyclic amines) is 1. The lowest BCUT2D eigenvalue weighted by molar-refractivity contribution is -0.132. The number of rotatable bonds is 9. The van der Waals surface area contributed by atoms with Gasteiger partial charge in [-0.3, -0.25) is 19.6 Å². The van der Waals surface area contributed by atoms with Crippen LogP contribution < -0.4 is 16.0 Å². The Morgan fingerprint density at radius 2 is 1.86 bits per heavy atom. The van der Waals surface area contributed by atoms with Crippen LogP contribution in [-0.2, 0) is 9.59 Å². The van der Waals surface area contributed by atoms with Gasteiger partial charge in [0, 0.05) is 54.4 Å². The lowest BCUT2D eigenvalue weighted by atomic mass is 9.92. The van der Waals surface area contributed by atoms with Crippen LogP contribution in [0, 0.1) is 0 Å². The molecule has 0 spiro atoms. The molecule has 188 valence electrons. The van der Waals surface area contributed by atoms with E-state index >= 15 is 0 Å². The van der Waals surface area contributed by atoms with E-state index in [2.05, 4.69) is 34.2 Å². The predicted molar refractivity (Wildman–Crippen MR) is 152 cm³/mol. The van der Waals surface area contributed by atoms with E-state index in [1.165, 1.54) is 6.08 Å². The summed E-state index contributed by atoms with van der Waals surface area (Å²) in [6.07, 6.45) is 8.79. The molecule has 1 heterocycles. The molecule has 0 aromatic heterocycles. The number of nitrogens with zero attached hydrogens (tertiary/aromatic N) is 3. The maximum Gasteiger partial charge on any atom is 0.247 e. The van der Waals surface area contributed by atoms with E-state index in [-0.39, 0.29) is 17.9 Å². The molecule has 8 nitrogen and oxygen atoms in total. The normalized spacial score (nSPS) is 17.1. The molecule has 1 aliphatic carbocycles. The van der Waals surface area contributed by atoms with Gasteiger partial charge in [0.2, 0.25) is 11.8 Å². The zero-order valence-corrected chi connectivity index (χ0v) is 20.8. The molecule has 1 saturated heterocycles. The average Bonchev–Trinajstić information content (AvgIpc) is 2.87. The third kappa shape index (κ3) is 6.49. The summed E-state index contributed by atoms with van der Waals surface area (Å²) < 4.78 is 0. The second-order valence-corrected chi connectivity index (χ2v) is 8.66. The summed E-state index contributed by atoms with van der Waals surface area (Å²) in [7, 11) is 0. The summed E-state index contributed by atoms with van der Waals surface area (Å²) in [6.45, 7) is 10.5. The standard InChI is InChI=1S/C29H30N6O2/c1-4-28(37)34-25-9-5-7-21(15-25)27-10-6-8-22(16-30-3)29(27)32-19-31-23-11-13-24(14-12-23)33-26-17-35(18-26)20(2)36/h4-16,26,31,33H,1,3,17-19H2,2H3,(H,34,37)/b22-16-,32-29+. The van der Waals surface area contributed by atoms with Gasteiger partial charge in [-0.25, -0.2) is 0 Å². The summed E-state index contributed by atoms with van der Waals surface area (Å²) in [4.78, 5) is 33.7. The number of benzene rings is 2. The Hall–Kier alpha value is -4.72. The number of allylic oxidation sites excluding steroid dienone is 5. The van der Waals surface area contributed by atoms with Gasteiger partial charge in [0.25, 0.3) is 0 Å². The molecule has 0 radical (unpaired) electrons. The molecule has 2 aromatic rings. The van der Waals surface area contributed by atoms with Crippen molar-refractivity contribution in [1.82, 2.24) is 4.90 Å². The fourth-order valence-corrected chi connectivity index (χ4v) is 4.09. The number of nitrogens with one attached hydrogen (secondary N) is 3. The third-order valence-corrected chi connectivity index (χ3v) is 6.03. The number of anilines is 3. The molecule has 0 unspecified atom stereocenters. The Kier molecular flexibility index (Phi) is 8.10. The van der Waals surface area contributed by atoms with Crippen molar-refractivity contribution in [2.75, 3.05) is 35.7 Å². The molecule has 3 N–H and O–H groups in total. The number of carbonyl (C=O) groups excluding carboxylic acids is 2. The predicted octanol–water partition coefficient (Wildman–Crippen LogP) is 4.50. The number of hydrogen-bond acceptors (Lipinski definition) is 6. The first-order valence-electron chi connectivity index (χ1n) is 12.0. The van der Waals surface area contributed by atoms with Gasteiger partial charge in [-0.2, -0.15) is 0 Å². The van der Waals surface area contributed by atoms with E-state index in [4.69, 9.17) is 4.99 Å². The van der Waals surface area contributed by atoms with Gasteiger partial charge in [0.15, 0.2) is 0 Å². The van der Waals surface area contributed by atoms with Crippen molar-refractivity contribution in [2.24, 2.45) is 9.98 Å². The largest absolute Gasteiger partial charge is 0.379 e. The molecule has 0 saturated carbocycles. The Morgan fingerprint density at radius 1 is 1.11 bits per heavy atom. The number of hydrogen-bond donors (Lipinski definition) is 3. The highest BCUT2D eigenvalue weighted by atomic mass is 16.2. The fraction of sp³-hybridized carbons (Fsp3) is 0.172. The first kappa shape index (κ1) is 25.4. The highest BCUT2D eigenvalue weighted by Gasteiger charge is 2.28. The maximum atomic E-state index is 11.7. The molecule has 2 aromatic carbocycles. The summed E-state index contributed by atoms with van der Waals surface area (Å²) in [6, 6.07) is 15.9. The first-order valence-corrected chi connectivity index (χ1v) is 12.0. The van der Waals surface area contributed by atoms with Crippen molar-refractivity contribution in [1.29, 1.82) is 0 Å². The molecule has 37 heavy (non-hydrogen) atoms. The van der Waals surface area contributed by atoms with Crippen molar-refractivity contribution >= 4 is 46.9 Å². The SMILES string of the molecule is C=CC(=O)Nc1cccc(C2=CC=CC(=C/N=C)/C2=N\CNc2ccc(NC3CN(C(C)=O)C3)cc2)c1. The third-order valence-electron chi connectivity index (χ3n) is 6.03. The van der Waals surface area contributed by atoms with Gasteiger partial charge in [0.1, 0.15) is 6.67 Å². The summed E-state index contributed by atoms with van der Waals surface area (Å²) in [5.41, 5.74) is 6.06. The van der Waals surface area contributed by atoms with Gasteiger partial charge in [-0.1, -0.05) is 36.9 Å². The minimum atomic E-state index is -0.267. The monoisotopic (exact) mass is 494 g/mol. The molecule has 0 bridgehead atoms. The van der Waals surface area contributed by atoms with Crippen LogP contribution in [0.2, 0.25) is 0 Å². The highest BCUT2D eigenvalue weighted by Crippen LogP contribution is 2.27. The van der Waals surface area contributed by atoms with Crippen LogP contribution in [-0.4, -0.2) is 54.9 Å². The van der Waals surface area contributed by atoms with Crippen molar-refractivity contribution in [3.8, 4) is 0 Å². The van der Waals surface area contributed by atoms with Crippen molar-refractivity contribution < 1.29 is 9.59 Å². The number of aliphatic imine (C=N–C) groups is 2. The van der Waals surface area contributed by atoms with Gasteiger partial charge in [-0.05, 0) is 54.8 Å². The first-order chi connectivity index (χ1) is 18.0. The molecule has 0 atom stereocenters. The van der Waals surface area contributed by atoms with Crippen molar-refractivity contribution in [3.05, 3.63) is 96.8 Å². The second kappa shape index (κ2) is 11.8. The lowest BCUT2D eigenvalue weighted by Crippen LogP contribution is -2.56. The number of amides is 2. The van der Waals surface area contributed by atoms with Crippen molar-refractivity contribution in [2.45, 2.75) is 13.0 Å². The Morgan fingerprint density at radius 3 is 2.57 bits per heavy atom. The van der Waals surface area contributed by atoms with Crippen LogP contribution in [0.1, 0.15) is 12.5 Å². The number of carbonyl (C=O) groups is 2. The minimum absolute atomic E-state index is 0.111. The van der Waals surface area contributed by atoms with E-state index in [1.54, 1.807) is 13.1 Å². The van der Waals surface area contributed by atoms with E-state index in [1.807, 2.05) is 71.7 Å². The zero-order valence-electron chi connectivity index (χ0n) is 20.8. The molecular formula is C29H30N6O2. The topological polar surface area (TPSA) is 98.2 Å². The van der Waals surface area contributed by atoms with Gasteiger partial charge < -0.3 is 20.9 Å². The second-order valence-electron chi connectivity index (χ2n) is 8.66. The molecule has 1 aliphatic heterocycles. The fourth-order valence-electron chi connectivity index (χ4n) is 4.09. The Labute approximate surface area is 216 Å². The van der Waals surface area contributed by atoms with E-state index in [0.29, 0.717) is 12.4 Å². The van der Waals surface area contributed by atoms with Crippen LogP contribution in [0.25, 0.3) is 5.57 Å². The smallest absolute Gasteiger partial charge is 0.247 e. The quantitative estimate of drug-likeness (QED) is 0.353. The summed E-state index contributed by atoms with van der Waals surface area (Å²) in [5.74, 6) is -0.157. The van der Waals surface area contributed by atoms with Gasteiger partial charge in [0.05, 0.1) is 11.8 Å². The highest BCUT2D eigenvalue weighted by molar-refractivity contribution is 6.34. The summed E-state index contributed by atoms with van der Waals surface area (Å²) >= 11 is 0. The average molecular weight is 495 g/mol. The summed E-state index contributed by atoms with van der Waals surface area (Å²) in [5, 5.41) is 9.58. The van der Waals surface area contributed by atoms with Gasteiger partial charge >= 0.3 is 0 Å².